The highest BCUT2D eigenvalue weighted by Gasteiger charge is 2.15. The van der Waals surface area contributed by atoms with Crippen molar-refractivity contribution < 1.29 is 19.1 Å². The maximum absolute atomic E-state index is 12.2. The molecule has 29 heavy (non-hydrogen) atoms. The van der Waals surface area contributed by atoms with E-state index in [4.69, 9.17) is 4.74 Å². The van der Waals surface area contributed by atoms with Gasteiger partial charge in [0.1, 0.15) is 11.9 Å². The molecule has 0 radical (unpaired) electrons. The third kappa shape index (κ3) is 7.89. The second-order valence-electron chi connectivity index (χ2n) is 6.76. The molecular weight excluding hydrogens is 434 g/mol. The van der Waals surface area contributed by atoms with E-state index in [1.165, 1.54) is 7.11 Å². The van der Waals surface area contributed by atoms with Crippen molar-refractivity contribution >= 4 is 27.8 Å². The summed E-state index contributed by atoms with van der Waals surface area (Å²) in [6.07, 6.45) is 4.37. The number of hydrogen-bond donors (Lipinski definition) is 1. The molecule has 0 fully saturated rings. The molecule has 0 aromatic heterocycles. The first-order chi connectivity index (χ1) is 14.0. The van der Waals surface area contributed by atoms with Gasteiger partial charge in [-0.3, -0.25) is 9.59 Å². The highest BCUT2D eigenvalue weighted by molar-refractivity contribution is 9.10. The van der Waals surface area contributed by atoms with Crippen molar-refractivity contribution in [3.8, 4) is 5.75 Å². The molecule has 1 unspecified atom stereocenters. The van der Waals surface area contributed by atoms with E-state index in [2.05, 4.69) is 32.9 Å². The van der Waals surface area contributed by atoms with Crippen molar-refractivity contribution in [1.82, 2.24) is 5.32 Å². The van der Waals surface area contributed by atoms with Crippen molar-refractivity contribution in [2.75, 3.05) is 13.7 Å². The summed E-state index contributed by atoms with van der Waals surface area (Å²) in [6.45, 7) is 2.43. The monoisotopic (exact) mass is 461 g/mol. The maximum atomic E-state index is 12.2. The number of amides is 1. The largest absolute Gasteiger partial charge is 0.486 e. The predicted molar refractivity (Wildman–Crippen MR) is 117 cm³/mol. The van der Waals surface area contributed by atoms with E-state index in [9.17, 15) is 9.59 Å². The lowest BCUT2D eigenvalue weighted by molar-refractivity contribution is -0.140. The Morgan fingerprint density at radius 2 is 1.72 bits per heavy atom. The maximum Gasteiger partial charge on any atom is 0.307 e. The van der Waals surface area contributed by atoms with E-state index in [0.29, 0.717) is 5.56 Å². The number of carbonyl (C=O) groups is 2. The highest BCUT2D eigenvalue weighted by Crippen LogP contribution is 2.28. The van der Waals surface area contributed by atoms with Crippen LogP contribution in [-0.2, 0) is 9.53 Å². The minimum Gasteiger partial charge on any atom is -0.486 e. The van der Waals surface area contributed by atoms with Gasteiger partial charge in [-0.15, -0.1) is 0 Å². The molecule has 0 bridgehead atoms. The average molecular weight is 462 g/mol. The third-order valence-corrected chi connectivity index (χ3v) is 5.08. The third-order valence-electron chi connectivity index (χ3n) is 4.55. The molecule has 6 heteroatoms. The molecule has 0 saturated carbocycles. The number of benzene rings is 2. The minimum atomic E-state index is -0.347. The lowest BCUT2D eigenvalue weighted by Crippen LogP contribution is -2.26. The average Bonchev–Trinajstić information content (AvgIpc) is 2.74. The van der Waals surface area contributed by atoms with Crippen molar-refractivity contribution in [2.45, 2.75) is 45.1 Å². The van der Waals surface area contributed by atoms with Crippen LogP contribution in [0.2, 0.25) is 0 Å². The second-order valence-corrected chi connectivity index (χ2v) is 7.68. The molecule has 156 valence electrons. The summed E-state index contributed by atoms with van der Waals surface area (Å²) in [7, 11) is 1.33. The number of ether oxygens (including phenoxy) is 2. The van der Waals surface area contributed by atoms with Gasteiger partial charge in [-0.25, -0.2) is 0 Å². The zero-order chi connectivity index (χ0) is 21.1. The molecule has 1 atom stereocenters. The predicted octanol–water partition coefficient (Wildman–Crippen LogP) is 5.44. The number of halogens is 1. The fourth-order valence-electron chi connectivity index (χ4n) is 2.88. The molecule has 0 aliphatic heterocycles. The van der Waals surface area contributed by atoms with Gasteiger partial charge in [-0.05, 0) is 54.8 Å². The molecule has 1 N–H and O–H groups in total. The Balaban J connectivity index is 2.03. The van der Waals surface area contributed by atoms with Crippen molar-refractivity contribution in [3.63, 3.8) is 0 Å². The van der Waals surface area contributed by atoms with Crippen LogP contribution < -0.4 is 10.1 Å². The van der Waals surface area contributed by atoms with Crippen molar-refractivity contribution in [3.05, 3.63) is 64.1 Å². The van der Waals surface area contributed by atoms with E-state index < -0.39 is 0 Å². The van der Waals surface area contributed by atoms with Gasteiger partial charge in [0, 0.05) is 16.6 Å². The van der Waals surface area contributed by atoms with Gasteiger partial charge in [-0.2, -0.15) is 0 Å². The standard InChI is InChI=1S/C23H28BrNO4/c1-3-4-5-6-21(29-20-13-11-19(24)12-14-20)17-7-9-18(10-8-17)23(27)25-16-15-22(26)28-2/h7-14,21H,3-6,15-16H2,1-2H3,(H,25,27). The number of unbranched alkanes of at least 4 members (excludes halogenated alkanes) is 2. The molecule has 2 rings (SSSR count). The normalized spacial score (nSPS) is 11.6. The number of nitrogens with one attached hydrogen (secondary N) is 1. The molecule has 2 aromatic rings. The van der Waals surface area contributed by atoms with E-state index in [1.807, 2.05) is 36.4 Å². The first-order valence-corrected chi connectivity index (χ1v) is 10.7. The fourth-order valence-corrected chi connectivity index (χ4v) is 3.15. The van der Waals surface area contributed by atoms with Crippen LogP contribution in [0, 0.1) is 0 Å². The van der Waals surface area contributed by atoms with Crippen LogP contribution in [0.25, 0.3) is 0 Å². The molecular formula is C23H28BrNO4. The van der Waals surface area contributed by atoms with Gasteiger partial charge >= 0.3 is 5.97 Å². The van der Waals surface area contributed by atoms with Crippen molar-refractivity contribution in [2.24, 2.45) is 0 Å². The van der Waals surface area contributed by atoms with Crippen LogP contribution in [0.5, 0.6) is 5.75 Å². The number of carbonyl (C=O) groups excluding carboxylic acids is 2. The zero-order valence-electron chi connectivity index (χ0n) is 16.9. The summed E-state index contributed by atoms with van der Waals surface area (Å²) in [5.41, 5.74) is 1.59. The van der Waals surface area contributed by atoms with Crippen LogP contribution in [0.1, 0.15) is 61.1 Å². The fraction of sp³-hybridized carbons (Fsp3) is 0.391. The minimum absolute atomic E-state index is 0.0702. The topological polar surface area (TPSA) is 64.6 Å². The van der Waals surface area contributed by atoms with Crippen LogP contribution >= 0.6 is 15.9 Å². The summed E-state index contributed by atoms with van der Waals surface area (Å²) < 4.78 is 11.8. The van der Waals surface area contributed by atoms with E-state index in [0.717, 1.165) is 41.5 Å². The summed E-state index contributed by atoms with van der Waals surface area (Å²) in [5, 5.41) is 2.72. The number of esters is 1. The first-order valence-electron chi connectivity index (χ1n) is 9.90. The lowest BCUT2D eigenvalue weighted by atomic mass is 10.0. The van der Waals surface area contributed by atoms with Gasteiger partial charge in [-0.1, -0.05) is 47.8 Å². The van der Waals surface area contributed by atoms with Gasteiger partial charge in [0.25, 0.3) is 5.91 Å². The quantitative estimate of drug-likeness (QED) is 0.357. The molecule has 0 aliphatic rings. The Labute approximate surface area is 180 Å². The van der Waals surface area contributed by atoms with Crippen molar-refractivity contribution in [1.29, 1.82) is 0 Å². The van der Waals surface area contributed by atoms with Crippen LogP contribution in [0.15, 0.2) is 53.0 Å². The molecule has 0 heterocycles. The van der Waals surface area contributed by atoms with E-state index in [-0.39, 0.29) is 30.9 Å². The Hall–Kier alpha value is -2.34. The number of rotatable bonds is 11. The van der Waals surface area contributed by atoms with Crippen LogP contribution in [0.3, 0.4) is 0 Å². The molecule has 0 saturated heterocycles. The summed E-state index contributed by atoms with van der Waals surface area (Å²) in [6, 6.07) is 15.3. The molecule has 2 aromatic carbocycles. The Kier molecular flexibility index (Phi) is 9.71. The van der Waals surface area contributed by atoms with Gasteiger partial charge in [0.2, 0.25) is 0 Å². The molecule has 1 amide bonds. The van der Waals surface area contributed by atoms with Gasteiger partial charge in [0.05, 0.1) is 13.5 Å². The molecule has 0 aliphatic carbocycles. The van der Waals surface area contributed by atoms with Gasteiger partial charge in [0.15, 0.2) is 0 Å². The summed E-state index contributed by atoms with van der Waals surface area (Å²) >= 11 is 3.44. The van der Waals surface area contributed by atoms with E-state index in [1.54, 1.807) is 12.1 Å². The summed E-state index contributed by atoms with van der Waals surface area (Å²) in [5.74, 6) is 0.261. The smallest absolute Gasteiger partial charge is 0.307 e. The zero-order valence-corrected chi connectivity index (χ0v) is 18.5. The molecule has 5 nitrogen and oxygen atoms in total. The van der Waals surface area contributed by atoms with Crippen LogP contribution in [-0.4, -0.2) is 25.5 Å². The first kappa shape index (κ1) is 22.9. The Morgan fingerprint density at radius 1 is 1.03 bits per heavy atom. The number of methoxy groups -OCH3 is 1. The van der Waals surface area contributed by atoms with E-state index >= 15 is 0 Å². The SMILES string of the molecule is CCCCCC(Oc1ccc(Br)cc1)c1ccc(C(=O)NCCC(=O)OC)cc1. The second kappa shape index (κ2) is 12.3. The van der Waals surface area contributed by atoms with Gasteiger partial charge < -0.3 is 14.8 Å². The Morgan fingerprint density at radius 3 is 2.34 bits per heavy atom. The van der Waals surface area contributed by atoms with Crippen LogP contribution in [0.4, 0.5) is 0 Å². The molecule has 0 spiro atoms. The number of hydrogen-bond acceptors (Lipinski definition) is 4. The highest BCUT2D eigenvalue weighted by atomic mass is 79.9. The Bertz CT molecular complexity index is 774. The summed E-state index contributed by atoms with van der Waals surface area (Å²) in [4.78, 5) is 23.4. The lowest BCUT2D eigenvalue weighted by Gasteiger charge is -2.20.